The Morgan fingerprint density at radius 3 is 1.43 bits per heavy atom. The first-order chi connectivity index (χ1) is 49.7. The number of nitrogens with zero attached hydrogens (tertiary/aromatic N) is 3. The van der Waals surface area contributed by atoms with Crippen LogP contribution in [0.5, 0.6) is 0 Å². The summed E-state index contributed by atoms with van der Waals surface area (Å²) in [5.41, 5.74) is 7.88. The van der Waals surface area contributed by atoms with Gasteiger partial charge in [0, 0.05) is 75.8 Å². The maximum absolute atomic E-state index is 13.1. The second-order valence-electron chi connectivity index (χ2n) is 26.9. The van der Waals surface area contributed by atoms with Crippen LogP contribution in [0.2, 0.25) is 21.4 Å². The first-order valence-electron chi connectivity index (χ1n) is 35.0. The number of halogens is 7. The summed E-state index contributed by atoms with van der Waals surface area (Å²) in [6.45, 7) is 42.3. The number of thiophene rings is 3. The number of fused-ring (bicyclic) bond motifs is 3. The molecule has 3 aromatic carbocycles. The van der Waals surface area contributed by atoms with Gasteiger partial charge >= 0.3 is 26.0 Å². The quantitative estimate of drug-likeness (QED) is 0.0600. The van der Waals surface area contributed by atoms with Gasteiger partial charge in [0.05, 0.1) is 66.4 Å². The highest BCUT2D eigenvalue weighted by Crippen LogP contribution is 2.44. The van der Waals surface area contributed by atoms with E-state index in [1.165, 1.54) is 62.8 Å². The standard InChI is InChI=1S/C22H26ClNO4S.C17H18ClNO2S.C10H18O5.C9H8ClN.C8H9BrO2S.C6H15N.C2H5BF.C2H6O.CH4.F2/c1-13-16(12-18(29-13)20-26-9-10-27-20)19-17-11-15(23)6-5-14(17)7-8-24(19)21(25)28-22(2,3)4;1-10-13(9-15(22-10)17-20-6-7-21-17)16-14-8-12(18)3-2-11(14)4-5-19-16;1-9(2,3)14-7(11)13-8(12)15-10(4,5)6;10-9-2-1-7-3-4-11-6-8(7)5-9;1-5-6(9)4-7(12-5)8-10-2-3-11-8;1-4-7(5-2)6-3;1-2-3-4;1-2-3;;1-2/h5-6,11-12,19-20H,7-10H2,1-4H3;2-3,8-9,16-17,19H,4-7H2,1H3;1-6H3;1-2,5-6H,3-4H2;4,8H,2-3H2,1H3;4-6H2,1-3H3;2H2,1H3;3H,2H2,1H3;1H4;. The van der Waals surface area contributed by atoms with Crippen molar-refractivity contribution in [3.05, 3.63) is 166 Å². The number of carbonyl (C=O) groups excluding carboxylic acids is 3. The Morgan fingerprint density at radius 2 is 1.01 bits per heavy atom. The van der Waals surface area contributed by atoms with Crippen molar-refractivity contribution in [3.8, 4) is 0 Å². The van der Waals surface area contributed by atoms with Crippen molar-refractivity contribution in [2.24, 2.45) is 4.99 Å². The predicted molar refractivity (Wildman–Crippen MR) is 427 cm³/mol. The molecular weight excluding hydrogens is 1560 g/mol. The number of aryl methyl sites for hydroxylation is 3. The predicted octanol–water partition coefficient (Wildman–Crippen LogP) is 21.5. The highest BCUT2D eigenvalue weighted by Gasteiger charge is 2.38. The van der Waals surface area contributed by atoms with Gasteiger partial charge in [0.15, 0.2) is 18.9 Å². The Kier molecular flexibility index (Phi) is 43.4. The van der Waals surface area contributed by atoms with E-state index in [0.717, 1.165) is 77.5 Å². The largest absolute Gasteiger partial charge is 0.519 e. The topological polar surface area (TPSA) is 195 Å². The SMILES string of the molecule is C.CC(C)(C)OC(=O)OC(=O)OC(C)(C)C.CCN(CC)CC.CCO.CC[B]F.Cc1sc(C2OCCO2)cc1Br.Cc1sc(C2OCCO2)cc1C1NCCc2ccc(Cl)cc21.Cc1sc(C2OCCO2)cc1C1c2cc(Cl)ccc2CCN1C(=O)OC(C)(C)C.Clc1ccc2c(c1)C=NCC2.FF. The summed E-state index contributed by atoms with van der Waals surface area (Å²) < 4.78 is 80.6. The maximum atomic E-state index is 13.1. The second-order valence-corrected chi connectivity index (χ2v) is 32.9. The van der Waals surface area contributed by atoms with Crippen molar-refractivity contribution in [2.75, 3.05) is 85.5 Å². The monoisotopic (exact) mass is 1660 g/mol. The number of carbonyl (C=O) groups is 3. The summed E-state index contributed by atoms with van der Waals surface area (Å²) in [6, 6.07) is 24.5. The van der Waals surface area contributed by atoms with Crippen LogP contribution in [0, 0.1) is 20.8 Å². The third-order valence-corrected chi connectivity index (χ3v) is 20.5. The summed E-state index contributed by atoms with van der Waals surface area (Å²) in [5, 5.41) is 13.4. The van der Waals surface area contributed by atoms with E-state index in [1.54, 1.807) is 89.4 Å². The molecule has 9 heterocycles. The lowest BCUT2D eigenvalue weighted by Gasteiger charge is -2.38. The number of aliphatic hydroxyl groups is 1. The fourth-order valence-corrected chi connectivity index (χ4v) is 15.0. The summed E-state index contributed by atoms with van der Waals surface area (Å²) in [5.74, 6) is 0. The molecular formula is C77H109BBrCl3F3N4O14S3. The van der Waals surface area contributed by atoms with E-state index < -0.39 is 29.1 Å². The molecule has 0 spiro atoms. The van der Waals surface area contributed by atoms with Gasteiger partial charge in [0.2, 0.25) is 0 Å². The first-order valence-corrected chi connectivity index (χ1v) is 39.4. The van der Waals surface area contributed by atoms with Gasteiger partial charge in [0.1, 0.15) is 16.8 Å². The van der Waals surface area contributed by atoms with Gasteiger partial charge in [-0.25, -0.2) is 14.4 Å². The third kappa shape index (κ3) is 32.7. The molecule has 2 atom stereocenters. The van der Waals surface area contributed by atoms with Crippen molar-refractivity contribution in [3.63, 3.8) is 0 Å². The van der Waals surface area contributed by atoms with E-state index in [4.69, 9.17) is 91.7 Å². The Labute approximate surface area is 662 Å². The molecule has 18 nitrogen and oxygen atoms in total. The van der Waals surface area contributed by atoms with Crippen LogP contribution in [-0.4, -0.2) is 149 Å². The van der Waals surface area contributed by atoms with Crippen molar-refractivity contribution >= 4 is 117 Å². The Morgan fingerprint density at radius 1 is 0.604 bits per heavy atom. The molecule has 2 unspecified atom stereocenters. The van der Waals surface area contributed by atoms with Crippen LogP contribution >= 0.6 is 84.7 Å². The molecule has 0 saturated carbocycles. The molecule has 29 heteroatoms. The number of rotatable bonds is 9. The minimum absolute atomic E-state index is 0. The number of aliphatic imine (C=N–C) groups is 1. The third-order valence-electron chi connectivity index (χ3n) is 15.4. The smallest absolute Gasteiger partial charge is 0.444 e. The molecule has 1 radical (unpaired) electrons. The molecule has 2 N–H and O–H groups in total. The average Bonchev–Trinajstić information content (AvgIpc) is 1.73. The van der Waals surface area contributed by atoms with Crippen LogP contribution in [-0.2, 0) is 66.6 Å². The lowest BCUT2D eigenvalue weighted by atomic mass is 9.88. The van der Waals surface area contributed by atoms with Crippen LogP contribution in [0.15, 0.2) is 82.3 Å². The van der Waals surface area contributed by atoms with Crippen molar-refractivity contribution in [2.45, 2.75) is 198 Å². The first kappa shape index (κ1) is 95.5. The van der Waals surface area contributed by atoms with Crippen LogP contribution < -0.4 is 5.32 Å². The van der Waals surface area contributed by atoms with Gasteiger partial charge in [0.25, 0.3) is 0 Å². The highest BCUT2D eigenvalue weighted by atomic mass is 79.9. The second kappa shape index (κ2) is 48.2. The molecule has 3 fully saturated rings. The van der Waals surface area contributed by atoms with Gasteiger partial charge in [-0.05, 0) is 250 Å². The Balaban J connectivity index is 0.000000338. The van der Waals surface area contributed by atoms with Gasteiger partial charge in [-0.3, -0.25) is 9.89 Å². The van der Waals surface area contributed by atoms with E-state index in [-0.39, 0.29) is 51.1 Å². The minimum Gasteiger partial charge on any atom is -0.444 e. The fourth-order valence-electron chi connectivity index (χ4n) is 10.8. The van der Waals surface area contributed by atoms with E-state index in [0.29, 0.717) is 65.1 Å². The number of benzene rings is 3. The molecule has 3 saturated heterocycles. The zero-order valence-electron chi connectivity index (χ0n) is 63.5. The minimum atomic E-state index is -1.06. The normalized spacial score (nSPS) is 16.5. The zero-order valence-corrected chi connectivity index (χ0v) is 69.8. The molecule has 12 rings (SSSR count). The number of aliphatic hydroxyl groups excluding tert-OH is 1. The molecule has 0 aliphatic carbocycles. The lowest BCUT2D eigenvalue weighted by molar-refractivity contribution is -0.0416. The molecule has 0 bridgehead atoms. The molecule has 591 valence electrons. The summed E-state index contributed by atoms with van der Waals surface area (Å²) in [6.07, 6.45) is 2.21. The van der Waals surface area contributed by atoms with Crippen LogP contribution in [0.1, 0.15) is 209 Å². The van der Waals surface area contributed by atoms with Crippen molar-refractivity contribution in [1.29, 1.82) is 0 Å². The molecule has 1 amide bonds. The summed E-state index contributed by atoms with van der Waals surface area (Å²) in [4.78, 5) is 50.5. The van der Waals surface area contributed by atoms with Crippen molar-refractivity contribution < 1.29 is 80.3 Å². The number of amides is 1. The van der Waals surface area contributed by atoms with E-state index in [1.807, 2.05) is 62.2 Å². The summed E-state index contributed by atoms with van der Waals surface area (Å²) >= 11 is 27.0. The lowest BCUT2D eigenvalue weighted by Crippen LogP contribution is -2.43. The van der Waals surface area contributed by atoms with E-state index >= 15 is 0 Å². The Bertz CT molecular complexity index is 3570. The fraction of sp³-hybridized carbons (Fsp3) is 0.558. The maximum Gasteiger partial charge on any atom is 0.519 e. The molecule has 6 aromatic rings. The van der Waals surface area contributed by atoms with Gasteiger partial charge in [-0.1, -0.05) is 88.1 Å². The van der Waals surface area contributed by atoms with Gasteiger partial charge in [-0.15, -0.1) is 34.0 Å². The van der Waals surface area contributed by atoms with Crippen LogP contribution in [0.4, 0.5) is 27.8 Å². The number of nitrogens with one attached hydrogen (secondary N) is 1. The Hall–Kier alpha value is -4.72. The zero-order chi connectivity index (χ0) is 78.2. The number of hydrogen-bond acceptors (Lipinski definition) is 20. The number of hydrogen-bond donors (Lipinski definition) is 2. The molecule has 106 heavy (non-hydrogen) atoms. The van der Waals surface area contributed by atoms with E-state index in [9.17, 15) is 18.7 Å². The molecule has 6 aliphatic heterocycles. The van der Waals surface area contributed by atoms with Crippen LogP contribution in [0.25, 0.3) is 0 Å². The summed E-state index contributed by atoms with van der Waals surface area (Å²) in [7, 11) is 0.625. The average molecular weight is 1670 g/mol. The van der Waals surface area contributed by atoms with Crippen molar-refractivity contribution in [1.82, 2.24) is 15.1 Å². The van der Waals surface area contributed by atoms with Gasteiger partial charge in [-0.2, -0.15) is 0 Å². The molecule has 3 aromatic heterocycles. The highest BCUT2D eigenvalue weighted by molar-refractivity contribution is 9.10. The van der Waals surface area contributed by atoms with Gasteiger partial charge < -0.3 is 67.0 Å². The van der Waals surface area contributed by atoms with E-state index in [2.05, 4.69) is 120 Å². The van der Waals surface area contributed by atoms with Crippen LogP contribution in [0.3, 0.4) is 0 Å². The number of ether oxygens (including phenoxy) is 10. The molecule has 6 aliphatic rings.